The van der Waals surface area contributed by atoms with Crippen LogP contribution in [0.25, 0.3) is 10.9 Å². The molecule has 1 aliphatic heterocycles. The number of fused-ring (bicyclic) bond motifs is 1. The number of piperidine rings is 1. The van der Waals surface area contributed by atoms with E-state index >= 15 is 0 Å². The molecule has 1 aromatic heterocycles. The van der Waals surface area contributed by atoms with Crippen LogP contribution in [-0.4, -0.2) is 29.8 Å². The second kappa shape index (κ2) is 5.13. The van der Waals surface area contributed by atoms with Gasteiger partial charge in [-0.15, -0.1) is 0 Å². The minimum Gasteiger partial charge on any atom is -0.496 e. The van der Waals surface area contributed by atoms with Crippen LogP contribution in [0.4, 0.5) is 0 Å². The number of ether oxygens (including phenoxy) is 1. The standard InChI is InChI=1S/C14H17N3O3/c1-20-11-4-2-3-10-12(11)13(18)17(14(19)16-10)9-5-7-15-8-6-9/h2-4,9,15H,5-8H2,1H3,(H,16,19). The number of benzene rings is 1. The van der Waals surface area contributed by atoms with E-state index in [0.717, 1.165) is 25.9 Å². The van der Waals surface area contributed by atoms with E-state index in [2.05, 4.69) is 10.3 Å². The summed E-state index contributed by atoms with van der Waals surface area (Å²) in [6, 6.07) is 5.15. The van der Waals surface area contributed by atoms with Crippen LogP contribution in [0.3, 0.4) is 0 Å². The van der Waals surface area contributed by atoms with E-state index in [4.69, 9.17) is 4.74 Å². The van der Waals surface area contributed by atoms with Crippen LogP contribution in [0.5, 0.6) is 5.75 Å². The van der Waals surface area contributed by atoms with Crippen LogP contribution >= 0.6 is 0 Å². The van der Waals surface area contributed by atoms with E-state index in [-0.39, 0.29) is 17.3 Å². The van der Waals surface area contributed by atoms with Crippen LogP contribution in [0.1, 0.15) is 18.9 Å². The van der Waals surface area contributed by atoms with Gasteiger partial charge in [-0.3, -0.25) is 9.36 Å². The van der Waals surface area contributed by atoms with Gasteiger partial charge in [-0.05, 0) is 38.1 Å². The van der Waals surface area contributed by atoms with Crippen LogP contribution in [0, 0.1) is 0 Å². The molecule has 6 nitrogen and oxygen atoms in total. The maximum atomic E-state index is 12.7. The van der Waals surface area contributed by atoms with Crippen molar-refractivity contribution in [1.82, 2.24) is 14.9 Å². The summed E-state index contributed by atoms with van der Waals surface area (Å²) in [5, 5.41) is 3.67. The summed E-state index contributed by atoms with van der Waals surface area (Å²) in [6.07, 6.45) is 1.56. The molecule has 1 saturated heterocycles. The van der Waals surface area contributed by atoms with Gasteiger partial charge in [0, 0.05) is 6.04 Å². The Morgan fingerprint density at radius 1 is 1.25 bits per heavy atom. The zero-order valence-corrected chi connectivity index (χ0v) is 11.3. The Kier molecular flexibility index (Phi) is 3.31. The molecule has 0 spiro atoms. The van der Waals surface area contributed by atoms with Crippen molar-refractivity contribution in [2.45, 2.75) is 18.9 Å². The molecule has 1 aromatic carbocycles. The molecule has 6 heteroatoms. The fourth-order valence-electron chi connectivity index (χ4n) is 2.81. The Labute approximate surface area is 115 Å². The summed E-state index contributed by atoms with van der Waals surface area (Å²) >= 11 is 0. The molecule has 0 unspecified atom stereocenters. The zero-order chi connectivity index (χ0) is 14.1. The maximum absolute atomic E-state index is 12.7. The number of aromatic amines is 1. The number of H-pyrrole nitrogens is 1. The van der Waals surface area contributed by atoms with E-state index in [0.29, 0.717) is 16.7 Å². The first-order chi connectivity index (χ1) is 9.72. The Hall–Kier alpha value is -2.08. The lowest BCUT2D eigenvalue weighted by molar-refractivity contribution is 0.351. The van der Waals surface area contributed by atoms with E-state index in [1.165, 1.54) is 11.7 Å². The summed E-state index contributed by atoms with van der Waals surface area (Å²) < 4.78 is 6.58. The molecule has 3 rings (SSSR count). The molecule has 1 aliphatic rings. The highest BCUT2D eigenvalue weighted by molar-refractivity contribution is 5.83. The lowest BCUT2D eigenvalue weighted by Crippen LogP contribution is -2.42. The van der Waals surface area contributed by atoms with Crippen LogP contribution in [0.2, 0.25) is 0 Å². The average Bonchev–Trinajstić information content (AvgIpc) is 2.47. The Morgan fingerprint density at radius 3 is 2.70 bits per heavy atom. The van der Waals surface area contributed by atoms with Gasteiger partial charge in [0.05, 0.1) is 12.6 Å². The molecule has 106 valence electrons. The van der Waals surface area contributed by atoms with Gasteiger partial charge in [0.2, 0.25) is 0 Å². The second-order valence-electron chi connectivity index (χ2n) is 4.97. The molecule has 0 amide bonds. The topological polar surface area (TPSA) is 76.1 Å². The minimum atomic E-state index is -0.345. The lowest BCUT2D eigenvalue weighted by atomic mass is 10.1. The van der Waals surface area contributed by atoms with Crippen molar-refractivity contribution in [3.8, 4) is 5.75 Å². The van der Waals surface area contributed by atoms with Crippen LogP contribution in [-0.2, 0) is 0 Å². The molecule has 0 radical (unpaired) electrons. The Bertz CT molecular complexity index is 741. The zero-order valence-electron chi connectivity index (χ0n) is 11.3. The fourth-order valence-corrected chi connectivity index (χ4v) is 2.81. The van der Waals surface area contributed by atoms with Crippen molar-refractivity contribution >= 4 is 10.9 Å². The first-order valence-corrected chi connectivity index (χ1v) is 6.74. The smallest absolute Gasteiger partial charge is 0.329 e. The summed E-state index contributed by atoms with van der Waals surface area (Å²) in [4.78, 5) is 27.6. The van der Waals surface area contributed by atoms with Crippen molar-refractivity contribution in [3.63, 3.8) is 0 Å². The number of hydrogen-bond donors (Lipinski definition) is 2. The number of aromatic nitrogens is 2. The van der Waals surface area contributed by atoms with Crippen molar-refractivity contribution in [1.29, 1.82) is 0 Å². The van der Waals surface area contributed by atoms with Crippen molar-refractivity contribution in [3.05, 3.63) is 39.0 Å². The highest BCUT2D eigenvalue weighted by atomic mass is 16.5. The molecule has 1 fully saturated rings. The number of rotatable bonds is 2. The van der Waals surface area contributed by atoms with Gasteiger partial charge < -0.3 is 15.0 Å². The highest BCUT2D eigenvalue weighted by Crippen LogP contribution is 2.21. The number of hydrogen-bond acceptors (Lipinski definition) is 4. The van der Waals surface area contributed by atoms with Gasteiger partial charge in [0.15, 0.2) is 0 Å². The normalized spacial score (nSPS) is 16.4. The third kappa shape index (κ3) is 2.02. The quantitative estimate of drug-likeness (QED) is 0.842. The summed E-state index contributed by atoms with van der Waals surface area (Å²) in [5.74, 6) is 0.492. The number of methoxy groups -OCH3 is 1. The largest absolute Gasteiger partial charge is 0.496 e. The van der Waals surface area contributed by atoms with Gasteiger partial charge in [-0.1, -0.05) is 6.07 Å². The number of nitrogens with one attached hydrogen (secondary N) is 2. The van der Waals surface area contributed by atoms with E-state index in [1.54, 1.807) is 18.2 Å². The molecular weight excluding hydrogens is 258 g/mol. The molecule has 0 bridgehead atoms. The Balaban J connectivity index is 2.27. The third-order valence-electron chi connectivity index (χ3n) is 3.81. The average molecular weight is 275 g/mol. The maximum Gasteiger partial charge on any atom is 0.329 e. The van der Waals surface area contributed by atoms with E-state index < -0.39 is 0 Å². The summed E-state index contributed by atoms with van der Waals surface area (Å²) in [7, 11) is 1.52. The van der Waals surface area contributed by atoms with Crippen molar-refractivity contribution in [2.75, 3.05) is 20.2 Å². The molecule has 2 aromatic rings. The van der Waals surface area contributed by atoms with Crippen LogP contribution in [0.15, 0.2) is 27.8 Å². The first kappa shape index (κ1) is 12.9. The lowest BCUT2D eigenvalue weighted by Gasteiger charge is -2.24. The van der Waals surface area contributed by atoms with Crippen LogP contribution < -0.4 is 21.3 Å². The van der Waals surface area contributed by atoms with Gasteiger partial charge in [-0.25, -0.2) is 4.79 Å². The molecule has 2 N–H and O–H groups in total. The molecule has 2 heterocycles. The SMILES string of the molecule is COc1cccc2[nH]c(=O)n(C3CCNCC3)c(=O)c12. The number of nitrogens with zero attached hydrogens (tertiary/aromatic N) is 1. The van der Waals surface area contributed by atoms with E-state index in [9.17, 15) is 9.59 Å². The monoisotopic (exact) mass is 275 g/mol. The predicted molar refractivity (Wildman–Crippen MR) is 76.5 cm³/mol. The van der Waals surface area contributed by atoms with Crippen molar-refractivity contribution < 1.29 is 4.74 Å². The second-order valence-corrected chi connectivity index (χ2v) is 4.97. The summed E-state index contributed by atoms with van der Waals surface area (Å²) in [6.45, 7) is 1.64. The minimum absolute atomic E-state index is 0.0539. The van der Waals surface area contributed by atoms with Gasteiger partial charge >= 0.3 is 5.69 Å². The van der Waals surface area contributed by atoms with E-state index in [1.807, 2.05) is 0 Å². The molecule has 0 aliphatic carbocycles. The van der Waals surface area contributed by atoms with Gasteiger partial charge in [-0.2, -0.15) is 0 Å². The predicted octanol–water partition coefficient (Wildman–Crippen LogP) is 0.623. The van der Waals surface area contributed by atoms with Gasteiger partial charge in [0.25, 0.3) is 5.56 Å². The molecule has 0 atom stereocenters. The molecule has 0 saturated carbocycles. The fraction of sp³-hybridized carbons (Fsp3) is 0.429. The Morgan fingerprint density at radius 2 is 2.00 bits per heavy atom. The highest BCUT2D eigenvalue weighted by Gasteiger charge is 2.21. The third-order valence-corrected chi connectivity index (χ3v) is 3.81. The molecular formula is C14H17N3O3. The van der Waals surface area contributed by atoms with Gasteiger partial charge in [0.1, 0.15) is 11.1 Å². The molecule has 20 heavy (non-hydrogen) atoms. The van der Waals surface area contributed by atoms with Crippen molar-refractivity contribution in [2.24, 2.45) is 0 Å². The first-order valence-electron chi connectivity index (χ1n) is 6.74. The summed E-state index contributed by atoms with van der Waals surface area (Å²) in [5.41, 5.74) is -0.0970.